The summed E-state index contributed by atoms with van der Waals surface area (Å²) in [5.41, 5.74) is 0. The Morgan fingerprint density at radius 2 is 0.689 bits per heavy atom. The van der Waals surface area contributed by atoms with Crippen LogP contribution in [0, 0.1) is 0 Å². The summed E-state index contributed by atoms with van der Waals surface area (Å²) in [6, 6.07) is 0. The molecule has 0 rings (SSSR count). The Morgan fingerprint density at radius 3 is 1.03 bits per heavy atom. The molecule has 4 nitrogen and oxygen atoms in total. The lowest BCUT2D eigenvalue weighted by atomic mass is 10.1. The monoisotopic (exact) mass is 839 g/mol. The van der Waals surface area contributed by atoms with Crippen molar-refractivity contribution >= 4 is 5.97 Å². The summed E-state index contributed by atoms with van der Waals surface area (Å²) < 4.78 is 11.2. The zero-order valence-electron chi connectivity index (χ0n) is 39.1. The van der Waals surface area contributed by atoms with E-state index in [0.29, 0.717) is 13.0 Å². The van der Waals surface area contributed by atoms with Crippen LogP contribution >= 0.6 is 0 Å². The van der Waals surface area contributed by atoms with Crippen LogP contribution in [0.1, 0.15) is 181 Å². The fraction of sp³-hybridized carbons (Fsp3) is 0.561. The van der Waals surface area contributed by atoms with Gasteiger partial charge >= 0.3 is 5.97 Å². The van der Waals surface area contributed by atoms with E-state index in [2.05, 4.69) is 160 Å². The lowest BCUT2D eigenvalue weighted by Gasteiger charge is -2.15. The molecule has 0 heterocycles. The molecule has 0 aromatic rings. The van der Waals surface area contributed by atoms with Crippen LogP contribution < -0.4 is 0 Å². The molecule has 0 aliphatic rings. The zero-order chi connectivity index (χ0) is 44.0. The van der Waals surface area contributed by atoms with E-state index in [1.807, 2.05) is 0 Å². The summed E-state index contributed by atoms with van der Waals surface area (Å²) in [6.45, 7) is 5.03. The molecule has 0 spiro atoms. The van der Waals surface area contributed by atoms with Gasteiger partial charge in [-0.05, 0) is 116 Å². The molecule has 0 saturated carbocycles. The smallest absolute Gasteiger partial charge is 0.306 e. The Morgan fingerprint density at radius 1 is 0.393 bits per heavy atom. The molecule has 0 saturated heterocycles. The van der Waals surface area contributed by atoms with Gasteiger partial charge in [0.1, 0.15) is 6.10 Å². The summed E-state index contributed by atoms with van der Waals surface area (Å²) >= 11 is 0. The van der Waals surface area contributed by atoms with Gasteiger partial charge in [-0.25, -0.2) is 0 Å². The van der Waals surface area contributed by atoms with Crippen molar-refractivity contribution in [3.05, 3.63) is 146 Å². The fourth-order valence-electron chi connectivity index (χ4n) is 6.10. The number of carbonyl (C=O) groups excluding carboxylic acids is 1. The summed E-state index contributed by atoms with van der Waals surface area (Å²) in [6.07, 6.45) is 80.6. The quantitative estimate of drug-likeness (QED) is 0.0378. The first-order chi connectivity index (χ1) is 30.2. The molecule has 4 heteroatoms. The van der Waals surface area contributed by atoms with Crippen molar-refractivity contribution in [2.75, 3.05) is 19.8 Å². The van der Waals surface area contributed by atoms with Crippen LogP contribution in [0.2, 0.25) is 0 Å². The molecule has 0 radical (unpaired) electrons. The first kappa shape index (κ1) is 57.3. The number of ether oxygens (including phenoxy) is 2. The summed E-state index contributed by atoms with van der Waals surface area (Å²) in [7, 11) is 0. The van der Waals surface area contributed by atoms with Gasteiger partial charge in [0.15, 0.2) is 0 Å². The van der Waals surface area contributed by atoms with Gasteiger partial charge in [0.25, 0.3) is 0 Å². The number of esters is 1. The Hall–Kier alpha value is -3.73. The molecule has 1 unspecified atom stereocenters. The van der Waals surface area contributed by atoms with Crippen LogP contribution in [0.25, 0.3) is 0 Å². The Kier molecular flexibility index (Phi) is 49.2. The number of carbonyl (C=O) groups is 1. The molecular formula is C57H90O4. The predicted molar refractivity (Wildman–Crippen MR) is 269 cm³/mol. The number of unbranched alkanes of at least 4 members (excludes halogenated alkanes) is 11. The van der Waals surface area contributed by atoms with Crippen molar-refractivity contribution in [3.8, 4) is 0 Å². The third-order valence-electron chi connectivity index (χ3n) is 9.66. The van der Waals surface area contributed by atoms with E-state index < -0.39 is 6.10 Å². The van der Waals surface area contributed by atoms with Crippen LogP contribution in [0.3, 0.4) is 0 Å². The van der Waals surface area contributed by atoms with Crippen LogP contribution in [0.15, 0.2) is 146 Å². The van der Waals surface area contributed by atoms with Crippen molar-refractivity contribution in [3.63, 3.8) is 0 Å². The van der Waals surface area contributed by atoms with E-state index in [4.69, 9.17) is 9.47 Å². The Balaban J connectivity index is 3.59. The van der Waals surface area contributed by atoms with E-state index in [0.717, 1.165) is 122 Å². The van der Waals surface area contributed by atoms with Crippen LogP contribution in [-0.2, 0) is 14.3 Å². The first-order valence-electron chi connectivity index (χ1n) is 24.4. The van der Waals surface area contributed by atoms with Crippen LogP contribution in [0.5, 0.6) is 0 Å². The summed E-state index contributed by atoms with van der Waals surface area (Å²) in [4.78, 5) is 12.3. The zero-order valence-corrected chi connectivity index (χ0v) is 39.1. The van der Waals surface area contributed by atoms with Crippen LogP contribution in [-0.4, -0.2) is 37.0 Å². The van der Waals surface area contributed by atoms with E-state index in [9.17, 15) is 9.90 Å². The van der Waals surface area contributed by atoms with E-state index >= 15 is 0 Å². The van der Waals surface area contributed by atoms with E-state index in [1.54, 1.807) is 0 Å². The topological polar surface area (TPSA) is 55.8 Å². The van der Waals surface area contributed by atoms with Gasteiger partial charge in [-0.15, -0.1) is 0 Å². The maximum atomic E-state index is 12.3. The maximum Gasteiger partial charge on any atom is 0.306 e. The molecule has 0 amide bonds. The lowest BCUT2D eigenvalue weighted by Crippen LogP contribution is -2.27. The second-order valence-electron chi connectivity index (χ2n) is 15.4. The van der Waals surface area contributed by atoms with Crippen LogP contribution in [0.4, 0.5) is 0 Å². The average Bonchev–Trinajstić information content (AvgIpc) is 3.27. The third-order valence-corrected chi connectivity index (χ3v) is 9.66. The molecule has 0 aromatic heterocycles. The highest BCUT2D eigenvalue weighted by atomic mass is 16.6. The number of allylic oxidation sites excluding steroid dienone is 24. The number of rotatable bonds is 43. The largest absolute Gasteiger partial charge is 0.457 e. The second kappa shape index (κ2) is 52.4. The molecule has 0 aliphatic heterocycles. The molecule has 1 N–H and O–H groups in total. The molecule has 1 atom stereocenters. The molecule has 0 fully saturated rings. The third kappa shape index (κ3) is 50.5. The van der Waals surface area contributed by atoms with Gasteiger partial charge in [-0.3, -0.25) is 4.79 Å². The maximum absolute atomic E-state index is 12.3. The normalized spacial score (nSPS) is 13.7. The number of aliphatic hydroxyl groups excluding tert-OH is 1. The van der Waals surface area contributed by atoms with Crippen molar-refractivity contribution in [2.24, 2.45) is 0 Å². The second-order valence-corrected chi connectivity index (χ2v) is 15.4. The van der Waals surface area contributed by atoms with Crippen molar-refractivity contribution < 1.29 is 19.4 Å². The molecule has 61 heavy (non-hydrogen) atoms. The molecular weight excluding hydrogens is 749 g/mol. The summed E-state index contributed by atoms with van der Waals surface area (Å²) in [5, 5.41) is 9.64. The van der Waals surface area contributed by atoms with Gasteiger partial charge in [0, 0.05) is 13.0 Å². The van der Waals surface area contributed by atoms with Gasteiger partial charge in [0.05, 0.1) is 13.2 Å². The Labute approximate surface area is 376 Å². The molecule has 0 aliphatic carbocycles. The SMILES string of the molecule is CC/C=C\C/C=C\C/C=C\C/C=C\C/C=C\C/C=C\CCCCCCCCC(=O)OC(CO)COCCCCCCC/C=C\C/C=C\C/C=C\C/C=C\C/C=C\C/C=C\CC. The highest BCUT2D eigenvalue weighted by molar-refractivity contribution is 5.69. The molecule has 342 valence electrons. The highest BCUT2D eigenvalue weighted by Crippen LogP contribution is 2.11. The Bertz CT molecular complexity index is 1300. The van der Waals surface area contributed by atoms with Gasteiger partial charge < -0.3 is 14.6 Å². The number of hydrogen-bond acceptors (Lipinski definition) is 4. The van der Waals surface area contributed by atoms with Crippen molar-refractivity contribution in [1.82, 2.24) is 0 Å². The van der Waals surface area contributed by atoms with Crippen molar-refractivity contribution in [2.45, 2.75) is 187 Å². The summed E-state index contributed by atoms with van der Waals surface area (Å²) in [5.74, 6) is -0.229. The predicted octanol–water partition coefficient (Wildman–Crippen LogP) is 16.8. The highest BCUT2D eigenvalue weighted by Gasteiger charge is 2.13. The molecule has 0 aromatic carbocycles. The molecule has 0 bridgehead atoms. The van der Waals surface area contributed by atoms with Gasteiger partial charge in [-0.2, -0.15) is 0 Å². The number of hydrogen-bond donors (Lipinski definition) is 1. The average molecular weight is 839 g/mol. The minimum Gasteiger partial charge on any atom is -0.457 e. The van der Waals surface area contributed by atoms with E-state index in [-0.39, 0.29) is 19.2 Å². The standard InChI is InChI=1S/C57H90O4/c1-3-5-7-9-11-13-15-17-19-21-23-25-27-29-30-32-34-36-38-40-42-44-46-48-50-52-57(59)61-56(54-58)55-60-53-51-49-47-45-43-41-39-37-35-33-31-28-26-24-22-20-18-16-14-12-10-8-6-4-2/h5-8,11-14,17-20,23-26,29-31,33-34,36-37,39,56,58H,3-4,9-10,15-16,21-22,27-28,32,35,38,40-55H2,1-2H3/b7-5-,8-6-,13-11-,14-12-,19-17-,20-18-,25-23-,26-24-,30-29-,33-31-,36-34-,39-37-. The van der Waals surface area contributed by atoms with Crippen molar-refractivity contribution in [1.29, 1.82) is 0 Å². The fourth-order valence-corrected chi connectivity index (χ4v) is 6.10. The van der Waals surface area contributed by atoms with Gasteiger partial charge in [0.2, 0.25) is 0 Å². The lowest BCUT2D eigenvalue weighted by molar-refractivity contribution is -0.154. The van der Waals surface area contributed by atoms with Gasteiger partial charge in [-0.1, -0.05) is 205 Å². The minimum absolute atomic E-state index is 0.197. The minimum atomic E-state index is -0.567. The first-order valence-corrected chi connectivity index (χ1v) is 24.4. The van der Waals surface area contributed by atoms with E-state index in [1.165, 1.54) is 38.5 Å². The number of aliphatic hydroxyl groups is 1.